The van der Waals surface area contributed by atoms with Crippen LogP contribution < -0.4 is 16.1 Å². The second kappa shape index (κ2) is 7.83. The normalized spacial score (nSPS) is 12.7. The molecule has 0 bridgehead atoms. The molecular weight excluding hydrogens is 294 g/mol. The smallest absolute Gasteiger partial charge is 0.0806 e. The molecule has 4 heteroatoms. The highest BCUT2D eigenvalue weighted by Crippen LogP contribution is 2.15. The van der Waals surface area contributed by atoms with Crippen LogP contribution in [0.15, 0.2) is 24.3 Å². The van der Waals surface area contributed by atoms with Crippen LogP contribution in [-0.4, -0.2) is 28.4 Å². The molecule has 0 unspecified atom stereocenters. The number of hydrogen-bond acceptors (Lipinski definition) is 2. The maximum absolute atomic E-state index is 5.66. The molecule has 0 fully saturated rings. The van der Waals surface area contributed by atoms with Gasteiger partial charge in [0.25, 0.3) is 0 Å². The van der Waals surface area contributed by atoms with Crippen molar-refractivity contribution in [2.45, 2.75) is 51.1 Å². The Labute approximate surface area is 132 Å². The van der Waals surface area contributed by atoms with Gasteiger partial charge in [-0.3, -0.25) is 0 Å². The van der Waals surface area contributed by atoms with E-state index in [0.29, 0.717) is 0 Å². The summed E-state index contributed by atoms with van der Waals surface area (Å²) in [4.78, 5) is 0. The summed E-state index contributed by atoms with van der Waals surface area (Å²) in [5.74, 6) is 1.01. The van der Waals surface area contributed by atoms with Crippen LogP contribution in [0.2, 0.25) is 38.3 Å². The van der Waals surface area contributed by atoms with Crippen LogP contribution in [0.4, 0.5) is 0 Å². The van der Waals surface area contributed by atoms with E-state index in [4.69, 9.17) is 5.73 Å². The van der Waals surface area contributed by atoms with Crippen molar-refractivity contribution >= 4 is 39.1 Å². The standard InChI is InChI=1S/C16H31NSSi2/c1-19(2,13-5-11-17)15-7-9-16(10-8-15)20(3,4)14-6-12-18/h7-10,18H,5-6,11-14,17H2,1-4H3. The third-order valence-corrected chi connectivity index (χ3v) is 11.7. The molecule has 0 aromatic heterocycles. The number of hydrogen-bond donors (Lipinski definition) is 2. The molecule has 0 atom stereocenters. The van der Waals surface area contributed by atoms with E-state index in [-0.39, 0.29) is 0 Å². The lowest BCUT2D eigenvalue weighted by Gasteiger charge is -2.26. The molecular formula is C16H31NSSi2. The summed E-state index contributed by atoms with van der Waals surface area (Å²) in [5, 5.41) is 3.17. The second-order valence-corrected chi connectivity index (χ2v) is 17.2. The van der Waals surface area contributed by atoms with Gasteiger partial charge in [0.05, 0.1) is 16.1 Å². The first kappa shape index (κ1) is 18.0. The number of benzene rings is 1. The Bertz CT molecular complexity index is 362. The molecule has 0 aliphatic rings. The van der Waals surface area contributed by atoms with Crippen LogP contribution in [-0.2, 0) is 0 Å². The summed E-state index contributed by atoms with van der Waals surface area (Å²) < 4.78 is 0. The Morgan fingerprint density at radius 3 is 1.60 bits per heavy atom. The highest BCUT2D eigenvalue weighted by Gasteiger charge is 2.25. The molecule has 0 saturated heterocycles. The first-order chi connectivity index (χ1) is 9.33. The predicted molar refractivity (Wildman–Crippen MR) is 102 cm³/mol. The molecule has 114 valence electrons. The first-order valence-electron chi connectivity index (χ1n) is 7.75. The molecule has 1 aromatic rings. The number of nitrogens with two attached hydrogens (primary N) is 1. The SMILES string of the molecule is C[Si](C)(CCCN)c1ccc([Si](C)(C)CCCS)cc1. The van der Waals surface area contributed by atoms with Crippen LogP contribution in [0.3, 0.4) is 0 Å². The fourth-order valence-corrected chi connectivity index (χ4v) is 8.05. The van der Waals surface area contributed by atoms with Gasteiger partial charge < -0.3 is 5.73 Å². The summed E-state index contributed by atoms with van der Waals surface area (Å²) >= 11 is 4.35. The van der Waals surface area contributed by atoms with Crippen LogP contribution in [0.5, 0.6) is 0 Å². The van der Waals surface area contributed by atoms with Crippen molar-refractivity contribution in [1.82, 2.24) is 0 Å². The number of thiol groups is 1. The van der Waals surface area contributed by atoms with Crippen molar-refractivity contribution < 1.29 is 0 Å². The first-order valence-corrected chi connectivity index (χ1v) is 14.8. The summed E-state index contributed by atoms with van der Waals surface area (Å²) in [5.41, 5.74) is 5.66. The van der Waals surface area contributed by atoms with Crippen molar-refractivity contribution in [2.75, 3.05) is 12.3 Å². The van der Waals surface area contributed by atoms with Crippen molar-refractivity contribution in [1.29, 1.82) is 0 Å². The van der Waals surface area contributed by atoms with E-state index >= 15 is 0 Å². The van der Waals surface area contributed by atoms with Crippen LogP contribution in [0, 0.1) is 0 Å². The van der Waals surface area contributed by atoms with Gasteiger partial charge in [0.2, 0.25) is 0 Å². The quantitative estimate of drug-likeness (QED) is 0.557. The fraction of sp³-hybridized carbons (Fsp3) is 0.625. The van der Waals surface area contributed by atoms with Gasteiger partial charge in [-0.1, -0.05) is 72.9 Å². The Balaban J connectivity index is 2.82. The van der Waals surface area contributed by atoms with Crippen LogP contribution in [0.1, 0.15) is 12.8 Å². The summed E-state index contributed by atoms with van der Waals surface area (Å²) in [6.07, 6.45) is 2.39. The molecule has 0 amide bonds. The second-order valence-electron chi connectivity index (χ2n) is 7.06. The molecule has 0 radical (unpaired) electrons. The summed E-state index contributed by atoms with van der Waals surface area (Å²) in [6.45, 7) is 10.7. The minimum atomic E-state index is -1.28. The van der Waals surface area contributed by atoms with Gasteiger partial charge in [0.1, 0.15) is 0 Å². The Hall–Kier alpha value is -0.0362. The Kier molecular flexibility index (Phi) is 7.05. The fourth-order valence-electron chi connectivity index (χ4n) is 2.73. The molecule has 20 heavy (non-hydrogen) atoms. The van der Waals surface area contributed by atoms with E-state index in [1.807, 2.05) is 0 Å². The zero-order valence-electron chi connectivity index (χ0n) is 13.6. The average Bonchev–Trinajstić information content (AvgIpc) is 2.43. The van der Waals surface area contributed by atoms with Crippen molar-refractivity contribution in [3.8, 4) is 0 Å². The zero-order valence-corrected chi connectivity index (χ0v) is 16.5. The molecule has 0 aliphatic carbocycles. The largest absolute Gasteiger partial charge is 0.330 e. The van der Waals surface area contributed by atoms with Gasteiger partial charge in [-0.25, -0.2) is 0 Å². The summed E-state index contributed by atoms with van der Waals surface area (Å²) in [7, 11) is -2.55. The molecule has 0 aliphatic heterocycles. The molecule has 0 spiro atoms. The van der Waals surface area contributed by atoms with E-state index in [9.17, 15) is 0 Å². The molecule has 1 nitrogen and oxygen atoms in total. The maximum Gasteiger partial charge on any atom is 0.0806 e. The van der Waals surface area contributed by atoms with E-state index < -0.39 is 16.1 Å². The van der Waals surface area contributed by atoms with Gasteiger partial charge in [-0.2, -0.15) is 12.6 Å². The molecule has 0 heterocycles. The lowest BCUT2D eigenvalue weighted by Crippen LogP contribution is -2.45. The molecule has 0 saturated carbocycles. The van der Waals surface area contributed by atoms with Crippen LogP contribution >= 0.6 is 12.6 Å². The summed E-state index contributed by atoms with van der Waals surface area (Å²) in [6, 6.07) is 12.2. The Morgan fingerprint density at radius 2 is 1.25 bits per heavy atom. The molecule has 1 aromatic carbocycles. The van der Waals surface area contributed by atoms with E-state index in [0.717, 1.165) is 18.7 Å². The van der Waals surface area contributed by atoms with Gasteiger partial charge in [-0.15, -0.1) is 0 Å². The minimum absolute atomic E-state index is 0.818. The third-order valence-electron chi connectivity index (χ3n) is 4.41. The highest BCUT2D eigenvalue weighted by atomic mass is 32.1. The van der Waals surface area contributed by atoms with E-state index in [1.165, 1.54) is 18.5 Å². The minimum Gasteiger partial charge on any atom is -0.330 e. The van der Waals surface area contributed by atoms with E-state index in [1.54, 1.807) is 10.4 Å². The predicted octanol–water partition coefficient (Wildman–Crippen LogP) is 3.19. The van der Waals surface area contributed by atoms with Crippen LogP contribution in [0.25, 0.3) is 0 Å². The third kappa shape index (κ3) is 5.06. The van der Waals surface area contributed by atoms with E-state index in [2.05, 4.69) is 63.1 Å². The topological polar surface area (TPSA) is 26.0 Å². The average molecular weight is 326 g/mol. The monoisotopic (exact) mass is 325 g/mol. The molecule has 1 rings (SSSR count). The van der Waals surface area contributed by atoms with Crippen molar-refractivity contribution in [3.05, 3.63) is 24.3 Å². The van der Waals surface area contributed by atoms with Gasteiger partial charge in [0, 0.05) is 0 Å². The molecule has 2 N–H and O–H groups in total. The number of rotatable bonds is 8. The van der Waals surface area contributed by atoms with Gasteiger partial charge >= 0.3 is 0 Å². The lowest BCUT2D eigenvalue weighted by molar-refractivity contribution is 0.915. The van der Waals surface area contributed by atoms with Gasteiger partial charge in [-0.05, 0) is 25.1 Å². The highest BCUT2D eigenvalue weighted by molar-refractivity contribution is 7.80. The zero-order chi connectivity index (χ0) is 15.2. The maximum atomic E-state index is 5.66. The Morgan fingerprint density at radius 1 is 0.850 bits per heavy atom. The lowest BCUT2D eigenvalue weighted by atomic mass is 10.4. The van der Waals surface area contributed by atoms with Crippen molar-refractivity contribution in [3.63, 3.8) is 0 Å². The van der Waals surface area contributed by atoms with Gasteiger partial charge in [0.15, 0.2) is 0 Å². The van der Waals surface area contributed by atoms with Crippen molar-refractivity contribution in [2.24, 2.45) is 5.73 Å².